The quantitative estimate of drug-likeness (QED) is 0.166. The molecule has 376 valence electrons. The van der Waals surface area contributed by atoms with E-state index in [4.69, 9.17) is 4.42 Å². The maximum Gasteiger partial charge on any atom is 0.161 e. The Morgan fingerprint density at radius 2 is 0.886 bits per heavy atom. The predicted molar refractivity (Wildman–Crippen MR) is 345 cm³/mol. The molecule has 0 saturated heterocycles. The topological polar surface area (TPSA) is 24.0 Å². The molecule has 0 spiro atoms. The number of aromatic nitrogens is 1. The van der Waals surface area contributed by atoms with Gasteiger partial charge in [0, 0.05) is 95.4 Å². The lowest BCUT2D eigenvalue weighted by atomic mass is 9.86. The van der Waals surface area contributed by atoms with Crippen molar-refractivity contribution in [1.29, 1.82) is 0 Å². The van der Waals surface area contributed by atoms with E-state index in [1.807, 2.05) is 34.0 Å². The van der Waals surface area contributed by atoms with Crippen molar-refractivity contribution in [2.75, 3.05) is 9.80 Å². The van der Waals surface area contributed by atoms with Crippen LogP contribution in [-0.2, 0) is 5.41 Å². The van der Waals surface area contributed by atoms with Gasteiger partial charge in [-0.25, -0.2) is 0 Å². The lowest BCUT2D eigenvalue weighted by Crippen LogP contribution is -2.10. The number of nitrogens with zero attached hydrogens (tertiary/aromatic N) is 3. The second-order valence-electron chi connectivity index (χ2n) is 22.6. The first kappa shape index (κ1) is 45.3. The van der Waals surface area contributed by atoms with E-state index in [0.29, 0.717) is 0 Å². The van der Waals surface area contributed by atoms with Gasteiger partial charge in [-0.15, -0.1) is 34.0 Å². The minimum Gasteiger partial charge on any atom is -0.454 e. The van der Waals surface area contributed by atoms with Crippen molar-refractivity contribution >= 4 is 189 Å². The molecule has 17 rings (SSSR count). The Morgan fingerprint density at radius 3 is 1.47 bits per heavy atom. The summed E-state index contributed by atoms with van der Waals surface area (Å²) in [7, 11) is 0. The van der Waals surface area contributed by atoms with Crippen LogP contribution >= 0.6 is 34.0 Å². The number of hydrogen-bond donors (Lipinski definition) is 0. The summed E-state index contributed by atoms with van der Waals surface area (Å²) >= 11 is 5.69. The van der Waals surface area contributed by atoms with E-state index >= 15 is 0 Å². The monoisotopic (exact) mass is 1070 g/mol. The number of hydrogen-bond acceptors (Lipinski definition) is 6. The Morgan fingerprint density at radius 1 is 0.380 bits per heavy atom. The molecule has 0 radical (unpaired) electrons. The minimum absolute atomic E-state index is 0.0910. The summed E-state index contributed by atoms with van der Waals surface area (Å²) in [5.41, 5.74) is 15.8. The van der Waals surface area contributed by atoms with Crippen molar-refractivity contribution in [3.05, 3.63) is 223 Å². The predicted octanol–water partition coefficient (Wildman–Crippen LogP) is 22.7. The third kappa shape index (κ3) is 6.52. The fraction of sp³-hybridized carbons (Fsp3) is 0.0833. The molecule has 11 aromatic carbocycles. The van der Waals surface area contributed by atoms with Gasteiger partial charge in [0.2, 0.25) is 0 Å². The van der Waals surface area contributed by atoms with Crippen LogP contribution in [0.1, 0.15) is 37.5 Å². The summed E-state index contributed by atoms with van der Waals surface area (Å²) in [4.78, 5) is 4.91. The smallest absolute Gasteiger partial charge is 0.161 e. The number of rotatable bonds is 6. The van der Waals surface area contributed by atoms with Crippen molar-refractivity contribution in [2.24, 2.45) is 0 Å². The maximum absolute atomic E-state index is 7.31. The van der Waals surface area contributed by atoms with E-state index in [0.717, 1.165) is 55.9 Å². The standard InChI is InChI=1S/C72H49N3OS3/c1-40-20-26-45(27-21-40)73(57-16-10-18-60-63(57)53-32-24-42-12-6-8-14-49(42)69(53)77-60)47-30-34-51-59(38-47)76-68-55-36-44(72(3,4)5)37-56-65(55)75(66(51)68)67-52-35-31-48(39-62(52)79-71(56)67)74(46-28-22-41(2)23-29-46)58-17-11-19-61-64(58)54-33-25-43-13-7-9-15-50(43)70(54)78-61/h6-39H,1-5H3. The average Bonchev–Trinajstić information content (AvgIpc) is 2.80. The van der Waals surface area contributed by atoms with Gasteiger partial charge in [-0.1, -0.05) is 141 Å². The van der Waals surface area contributed by atoms with Gasteiger partial charge in [0.25, 0.3) is 0 Å². The molecule has 0 atom stereocenters. The van der Waals surface area contributed by atoms with Crippen LogP contribution in [0.3, 0.4) is 0 Å². The highest BCUT2D eigenvalue weighted by molar-refractivity contribution is 7.27. The third-order valence-corrected chi connectivity index (χ3v) is 20.3. The average molecular weight is 1070 g/mol. The van der Waals surface area contributed by atoms with Crippen molar-refractivity contribution in [2.45, 2.75) is 40.0 Å². The molecule has 0 aliphatic carbocycles. The molecular weight excluding hydrogens is 1020 g/mol. The number of fused-ring (bicyclic) bond motifs is 20. The molecule has 0 amide bonds. The number of benzene rings is 11. The number of anilines is 6. The Kier molecular flexibility index (Phi) is 9.41. The Hall–Kier alpha value is -8.72. The van der Waals surface area contributed by atoms with Gasteiger partial charge in [0.05, 0.1) is 27.1 Å². The lowest BCUT2D eigenvalue weighted by Gasteiger charge is -2.26. The molecule has 0 N–H and O–H groups in total. The second-order valence-corrected chi connectivity index (χ2v) is 25.8. The van der Waals surface area contributed by atoms with Crippen LogP contribution in [0.15, 0.2) is 211 Å². The third-order valence-electron chi connectivity index (χ3n) is 16.7. The molecule has 4 nitrogen and oxygen atoms in total. The summed E-state index contributed by atoms with van der Waals surface area (Å²) in [6.07, 6.45) is 0. The molecule has 6 aromatic heterocycles. The highest BCUT2D eigenvalue weighted by atomic mass is 32.1. The van der Waals surface area contributed by atoms with E-state index in [-0.39, 0.29) is 5.41 Å². The molecule has 0 fully saturated rings. The van der Waals surface area contributed by atoms with Gasteiger partial charge in [-0.2, -0.15) is 0 Å². The highest BCUT2D eigenvalue weighted by Gasteiger charge is 2.30. The van der Waals surface area contributed by atoms with Crippen molar-refractivity contribution in [3.8, 4) is 0 Å². The van der Waals surface area contributed by atoms with E-state index in [1.54, 1.807) is 0 Å². The van der Waals surface area contributed by atoms with E-state index in [2.05, 4.69) is 255 Å². The fourth-order valence-corrected chi connectivity index (χ4v) is 16.7. The molecule has 7 heteroatoms. The van der Waals surface area contributed by atoms with Crippen LogP contribution in [0, 0.1) is 13.8 Å². The number of thiophene rings is 3. The second kappa shape index (κ2) is 16.4. The minimum atomic E-state index is -0.0910. The molecule has 0 unspecified atom stereocenters. The van der Waals surface area contributed by atoms with Gasteiger partial charge < -0.3 is 18.6 Å². The summed E-state index contributed by atoms with van der Waals surface area (Å²) < 4.78 is 17.6. The molecule has 0 bridgehead atoms. The summed E-state index contributed by atoms with van der Waals surface area (Å²) in [6.45, 7) is 11.3. The number of aryl methyl sites for hydroxylation is 2. The van der Waals surface area contributed by atoms with Crippen LogP contribution in [0.2, 0.25) is 0 Å². The lowest BCUT2D eigenvalue weighted by molar-refractivity contribution is 0.591. The highest BCUT2D eigenvalue weighted by Crippen LogP contribution is 2.53. The Bertz CT molecular complexity index is 5070. The zero-order valence-electron chi connectivity index (χ0n) is 44.1. The summed E-state index contributed by atoms with van der Waals surface area (Å²) in [6, 6.07) is 77.2. The van der Waals surface area contributed by atoms with Gasteiger partial charge in [0.15, 0.2) is 5.58 Å². The molecule has 0 saturated carbocycles. The van der Waals surface area contributed by atoms with Crippen molar-refractivity contribution < 1.29 is 4.42 Å². The van der Waals surface area contributed by atoms with Gasteiger partial charge in [-0.05, 0) is 137 Å². The molecule has 17 aromatic rings. The first-order valence-electron chi connectivity index (χ1n) is 27.1. The molecule has 0 aliphatic rings. The SMILES string of the molecule is Cc1ccc(N(c2ccc3c(c2)oc2c4cc(C(C)(C)C)cc5c6sc7cc(N(c8ccc(C)cc8)c8cccc9sc%10c%11ccccc%11ccc%10c89)ccc7c6n(c45)c32)c2cccc3sc4c5ccccc5ccc4c23)cc1. The normalized spacial score (nSPS) is 12.6. The summed E-state index contributed by atoms with van der Waals surface area (Å²) in [5.74, 6) is 0. The van der Waals surface area contributed by atoms with Crippen LogP contribution in [-0.4, -0.2) is 4.40 Å². The zero-order chi connectivity index (χ0) is 52.6. The Balaban J connectivity index is 0.885. The van der Waals surface area contributed by atoms with E-state index in [9.17, 15) is 0 Å². The van der Waals surface area contributed by atoms with Gasteiger partial charge in [0.1, 0.15) is 11.1 Å². The number of furan rings is 1. The molecule has 79 heavy (non-hydrogen) atoms. The molecule has 0 aliphatic heterocycles. The largest absolute Gasteiger partial charge is 0.454 e. The van der Waals surface area contributed by atoms with Crippen molar-refractivity contribution in [3.63, 3.8) is 0 Å². The summed E-state index contributed by atoms with van der Waals surface area (Å²) in [5, 5.41) is 15.0. The first-order valence-corrected chi connectivity index (χ1v) is 29.6. The maximum atomic E-state index is 7.31. The zero-order valence-corrected chi connectivity index (χ0v) is 46.6. The van der Waals surface area contributed by atoms with E-state index < -0.39 is 0 Å². The van der Waals surface area contributed by atoms with Gasteiger partial charge in [-0.3, -0.25) is 0 Å². The van der Waals surface area contributed by atoms with E-state index in [1.165, 1.54) is 115 Å². The van der Waals surface area contributed by atoms with Crippen LogP contribution in [0.5, 0.6) is 0 Å². The molecule has 6 heterocycles. The van der Waals surface area contributed by atoms with Gasteiger partial charge >= 0.3 is 0 Å². The Labute approximate surface area is 467 Å². The van der Waals surface area contributed by atoms with Crippen LogP contribution in [0.25, 0.3) is 121 Å². The van der Waals surface area contributed by atoms with Crippen LogP contribution < -0.4 is 9.80 Å². The fourth-order valence-electron chi connectivity index (χ4n) is 12.9. The first-order chi connectivity index (χ1) is 38.6. The molecular formula is C72H49N3OS3. The van der Waals surface area contributed by atoms with Crippen LogP contribution in [0.4, 0.5) is 34.1 Å². The van der Waals surface area contributed by atoms with Crippen molar-refractivity contribution in [1.82, 2.24) is 4.40 Å².